The number of aliphatic hydroxyl groups excluding tert-OH is 1. The van der Waals surface area contributed by atoms with E-state index in [9.17, 15) is 14.7 Å². The van der Waals surface area contributed by atoms with Crippen LogP contribution in [0.4, 0.5) is 0 Å². The van der Waals surface area contributed by atoms with Crippen LogP contribution in [-0.4, -0.2) is 22.5 Å². The molecule has 0 fully saturated rings. The minimum Gasteiger partial charge on any atom is -0.506 e. The number of benzene rings is 1. The second-order valence-electron chi connectivity index (χ2n) is 5.26. The molecule has 0 unspecified atom stereocenters. The largest absolute Gasteiger partial charge is 0.506 e. The van der Waals surface area contributed by atoms with E-state index in [0.717, 1.165) is 3.57 Å². The van der Waals surface area contributed by atoms with E-state index in [1.54, 1.807) is 45.0 Å². The Labute approximate surface area is 132 Å². The number of ether oxygens (including phenoxy) is 1. The zero-order chi connectivity index (χ0) is 15.5. The lowest BCUT2D eigenvalue weighted by Crippen LogP contribution is -2.27. The number of ketones is 1. The molecule has 1 rings (SSSR count). The van der Waals surface area contributed by atoms with Crippen molar-refractivity contribution < 1.29 is 19.4 Å². The van der Waals surface area contributed by atoms with Crippen LogP contribution in [0, 0.1) is 3.57 Å². The van der Waals surface area contributed by atoms with E-state index in [2.05, 4.69) is 0 Å². The molecule has 5 heteroatoms. The van der Waals surface area contributed by atoms with Gasteiger partial charge in [-0.2, -0.15) is 0 Å². The Morgan fingerprint density at radius 2 is 1.75 bits per heavy atom. The molecule has 0 aliphatic heterocycles. The summed E-state index contributed by atoms with van der Waals surface area (Å²) >= 11 is 2.03. The molecule has 1 N–H and O–H groups in total. The van der Waals surface area contributed by atoms with Gasteiger partial charge < -0.3 is 9.84 Å². The minimum absolute atomic E-state index is 0.330. The Bertz CT molecular complexity index is 567. The van der Waals surface area contributed by atoms with Crippen molar-refractivity contribution in [3.63, 3.8) is 0 Å². The van der Waals surface area contributed by atoms with Gasteiger partial charge in [-0.15, -0.1) is 0 Å². The molecule has 0 aliphatic rings. The topological polar surface area (TPSA) is 63.6 Å². The molecule has 1 aromatic rings. The number of halogens is 1. The molecule has 0 bridgehead atoms. The highest BCUT2D eigenvalue weighted by molar-refractivity contribution is 14.1. The van der Waals surface area contributed by atoms with Crippen LogP contribution >= 0.6 is 22.6 Å². The predicted octanol–water partition coefficient (Wildman–Crippen LogP) is 3.49. The highest BCUT2D eigenvalue weighted by atomic mass is 127. The van der Waals surface area contributed by atoms with Crippen molar-refractivity contribution in [3.8, 4) is 0 Å². The Morgan fingerprint density at radius 1 is 1.20 bits per heavy atom. The Kier molecular flexibility index (Phi) is 5.33. The van der Waals surface area contributed by atoms with Gasteiger partial charge in [0.05, 0.1) is 0 Å². The number of esters is 1. The number of hydrogen-bond donors (Lipinski definition) is 1. The van der Waals surface area contributed by atoms with E-state index >= 15 is 0 Å². The lowest BCUT2D eigenvalue weighted by atomic mass is 10.1. The fourth-order valence-corrected chi connectivity index (χ4v) is 2.17. The number of hydrogen-bond acceptors (Lipinski definition) is 4. The molecule has 1 aromatic carbocycles. The second kappa shape index (κ2) is 6.39. The van der Waals surface area contributed by atoms with Gasteiger partial charge in [-0.05, 0) is 56.4 Å². The first-order valence-electron chi connectivity index (χ1n) is 6.06. The average molecular weight is 388 g/mol. The third-order valence-corrected chi connectivity index (χ3v) is 3.26. The van der Waals surface area contributed by atoms with Crippen molar-refractivity contribution in [1.82, 2.24) is 0 Å². The van der Waals surface area contributed by atoms with Gasteiger partial charge in [0.2, 0.25) is 0 Å². The molecule has 0 saturated heterocycles. The Balaban J connectivity index is 3.32. The second-order valence-corrected chi connectivity index (χ2v) is 6.42. The van der Waals surface area contributed by atoms with Crippen molar-refractivity contribution in [2.45, 2.75) is 33.3 Å². The normalized spacial score (nSPS) is 12.7. The van der Waals surface area contributed by atoms with Crippen LogP contribution in [0.25, 0.3) is 5.76 Å². The molecule has 0 aliphatic carbocycles. The van der Waals surface area contributed by atoms with E-state index < -0.39 is 17.4 Å². The molecule has 20 heavy (non-hydrogen) atoms. The van der Waals surface area contributed by atoms with Gasteiger partial charge in [0.15, 0.2) is 5.78 Å². The van der Waals surface area contributed by atoms with Gasteiger partial charge in [-0.25, -0.2) is 4.79 Å². The first-order valence-corrected chi connectivity index (χ1v) is 7.14. The molecule has 4 nitrogen and oxygen atoms in total. The third-order valence-electron chi connectivity index (χ3n) is 2.32. The van der Waals surface area contributed by atoms with E-state index in [1.807, 2.05) is 22.6 Å². The molecular formula is C15H17IO4. The maximum atomic E-state index is 12.1. The molecule has 0 saturated carbocycles. The highest BCUT2D eigenvalue weighted by Gasteiger charge is 2.27. The van der Waals surface area contributed by atoms with Crippen molar-refractivity contribution in [3.05, 3.63) is 39.0 Å². The molecular weight excluding hydrogens is 371 g/mol. The smallest absolute Gasteiger partial charge is 0.346 e. The predicted molar refractivity (Wildman–Crippen MR) is 85.2 cm³/mol. The molecule has 108 valence electrons. The van der Waals surface area contributed by atoms with Crippen LogP contribution in [0.15, 0.2) is 29.8 Å². The average Bonchev–Trinajstić information content (AvgIpc) is 2.26. The summed E-state index contributed by atoms with van der Waals surface area (Å²) < 4.78 is 5.90. The summed E-state index contributed by atoms with van der Waals surface area (Å²) in [6, 6.07) is 6.95. The fraction of sp³-hybridized carbons (Fsp3) is 0.333. The summed E-state index contributed by atoms with van der Waals surface area (Å²) in [4.78, 5) is 23.7. The van der Waals surface area contributed by atoms with Crippen LogP contribution in [0.1, 0.15) is 33.3 Å². The van der Waals surface area contributed by atoms with E-state index in [4.69, 9.17) is 4.74 Å². The molecule has 0 atom stereocenters. The van der Waals surface area contributed by atoms with E-state index in [1.165, 1.54) is 6.92 Å². The first kappa shape index (κ1) is 16.7. The third kappa shape index (κ3) is 4.33. The zero-order valence-electron chi connectivity index (χ0n) is 11.9. The molecule has 0 amide bonds. The van der Waals surface area contributed by atoms with Gasteiger partial charge in [0, 0.05) is 9.13 Å². The number of rotatable bonds is 3. The zero-order valence-corrected chi connectivity index (χ0v) is 14.0. The van der Waals surface area contributed by atoms with Crippen molar-refractivity contribution >= 4 is 40.1 Å². The summed E-state index contributed by atoms with van der Waals surface area (Å²) in [5.74, 6) is -1.70. The van der Waals surface area contributed by atoms with E-state index in [0.29, 0.717) is 5.56 Å². The summed E-state index contributed by atoms with van der Waals surface area (Å²) in [6.45, 7) is 6.33. The van der Waals surface area contributed by atoms with Gasteiger partial charge in [0.1, 0.15) is 16.9 Å². The Morgan fingerprint density at radius 3 is 2.20 bits per heavy atom. The lowest BCUT2D eigenvalue weighted by molar-refractivity contribution is -0.150. The van der Waals surface area contributed by atoms with E-state index in [-0.39, 0.29) is 11.3 Å². The van der Waals surface area contributed by atoms with Crippen molar-refractivity contribution in [1.29, 1.82) is 0 Å². The van der Waals surface area contributed by atoms with Crippen LogP contribution < -0.4 is 0 Å². The molecule has 0 heterocycles. The van der Waals surface area contributed by atoms with Crippen molar-refractivity contribution in [2.75, 3.05) is 0 Å². The lowest BCUT2D eigenvalue weighted by Gasteiger charge is -2.20. The quantitative estimate of drug-likeness (QED) is 0.215. The summed E-state index contributed by atoms with van der Waals surface area (Å²) in [5.41, 5.74) is -0.629. The maximum Gasteiger partial charge on any atom is 0.346 e. The van der Waals surface area contributed by atoms with Crippen molar-refractivity contribution in [2.24, 2.45) is 0 Å². The van der Waals surface area contributed by atoms with Crippen LogP contribution in [-0.2, 0) is 14.3 Å². The minimum atomic E-state index is -0.817. The van der Waals surface area contributed by atoms with Gasteiger partial charge in [-0.3, -0.25) is 4.79 Å². The van der Waals surface area contributed by atoms with Crippen LogP contribution in [0.5, 0.6) is 0 Å². The van der Waals surface area contributed by atoms with Gasteiger partial charge >= 0.3 is 5.97 Å². The number of Topliss-reactive ketones (excluding diaryl/α,β-unsaturated/α-hetero) is 1. The number of carbonyl (C=O) groups is 2. The summed E-state index contributed by atoms with van der Waals surface area (Å²) in [5, 5.41) is 10.3. The monoisotopic (exact) mass is 388 g/mol. The molecule has 0 radical (unpaired) electrons. The van der Waals surface area contributed by atoms with Crippen LogP contribution in [0.3, 0.4) is 0 Å². The van der Waals surface area contributed by atoms with Gasteiger partial charge in [0.25, 0.3) is 0 Å². The SMILES string of the molecule is CC(=O)/C(C(=O)OC(C)(C)C)=C(/O)c1ccccc1I. The maximum absolute atomic E-state index is 12.1. The number of carbonyl (C=O) groups excluding carboxylic acids is 2. The molecule has 0 aromatic heterocycles. The van der Waals surface area contributed by atoms with Gasteiger partial charge in [-0.1, -0.05) is 18.2 Å². The summed E-state index contributed by atoms with van der Waals surface area (Å²) in [7, 11) is 0. The summed E-state index contributed by atoms with van der Waals surface area (Å²) in [6.07, 6.45) is 0. The first-order chi connectivity index (χ1) is 9.13. The standard InChI is InChI=1S/C15H17IO4/c1-9(17)12(14(19)20-15(2,3)4)13(18)10-7-5-6-8-11(10)16/h5-8,18H,1-4H3/b13-12-. The molecule has 0 spiro atoms. The fourth-order valence-electron chi connectivity index (χ4n) is 1.52. The number of aliphatic hydroxyl groups is 1. The Hall–Kier alpha value is -1.37. The van der Waals surface area contributed by atoms with Crippen LogP contribution in [0.2, 0.25) is 0 Å². The highest BCUT2D eigenvalue weighted by Crippen LogP contribution is 2.24.